The van der Waals surface area contributed by atoms with Crippen molar-refractivity contribution in [1.82, 2.24) is 0 Å². The summed E-state index contributed by atoms with van der Waals surface area (Å²) < 4.78 is 56.8. The molecule has 0 saturated carbocycles. The molecule has 6 heteroatoms. The first-order chi connectivity index (χ1) is 9.90. The quantitative estimate of drug-likeness (QED) is 0.841. The Bertz CT molecular complexity index is 625. The molecule has 0 spiro atoms. The molecule has 0 atom stereocenters. The number of ether oxygens (including phenoxy) is 1. The smallest absolute Gasteiger partial charge is 0.418 e. The molecule has 2 aromatic carbocycles. The van der Waals surface area contributed by atoms with Gasteiger partial charge in [0, 0.05) is 12.2 Å². The highest BCUT2D eigenvalue weighted by Crippen LogP contribution is 2.37. The van der Waals surface area contributed by atoms with Gasteiger partial charge in [-0.25, -0.2) is 4.39 Å². The third kappa shape index (κ3) is 3.87. The highest BCUT2D eigenvalue weighted by molar-refractivity contribution is 5.56. The Morgan fingerprint density at radius 3 is 2.48 bits per heavy atom. The molecule has 0 aliphatic heterocycles. The fraction of sp³-hybridized carbons (Fsp3) is 0.200. The third-order valence-corrected chi connectivity index (χ3v) is 2.90. The Hall–Kier alpha value is -2.24. The van der Waals surface area contributed by atoms with Gasteiger partial charge < -0.3 is 10.1 Å². The molecule has 0 heterocycles. The van der Waals surface area contributed by atoms with Gasteiger partial charge in [0.15, 0.2) is 0 Å². The van der Waals surface area contributed by atoms with E-state index in [1.54, 1.807) is 6.07 Å². The summed E-state index contributed by atoms with van der Waals surface area (Å²) in [6.07, 6.45) is -4.50. The molecule has 0 aliphatic carbocycles. The SMILES string of the molecule is COc1ccc(NCc2cccc(F)c2)c(C(F)(F)F)c1. The maximum atomic E-state index is 13.0. The molecule has 0 bridgehead atoms. The van der Waals surface area contributed by atoms with Crippen LogP contribution in [0.25, 0.3) is 0 Å². The molecule has 0 radical (unpaired) electrons. The van der Waals surface area contributed by atoms with Crippen LogP contribution in [-0.2, 0) is 12.7 Å². The minimum Gasteiger partial charge on any atom is -0.497 e. The van der Waals surface area contributed by atoms with E-state index in [4.69, 9.17) is 4.74 Å². The zero-order valence-corrected chi connectivity index (χ0v) is 11.2. The van der Waals surface area contributed by atoms with Gasteiger partial charge in [0.25, 0.3) is 0 Å². The molecule has 1 N–H and O–H groups in total. The van der Waals surface area contributed by atoms with E-state index in [2.05, 4.69) is 5.32 Å². The summed E-state index contributed by atoms with van der Waals surface area (Å²) in [6, 6.07) is 9.33. The van der Waals surface area contributed by atoms with Gasteiger partial charge in [-0.3, -0.25) is 0 Å². The summed E-state index contributed by atoms with van der Waals surface area (Å²) in [5, 5.41) is 2.67. The highest BCUT2D eigenvalue weighted by Gasteiger charge is 2.34. The summed E-state index contributed by atoms with van der Waals surface area (Å²) in [6.45, 7) is 0.0904. The highest BCUT2D eigenvalue weighted by atomic mass is 19.4. The van der Waals surface area contributed by atoms with Gasteiger partial charge >= 0.3 is 6.18 Å². The van der Waals surface area contributed by atoms with Crippen LogP contribution in [0.15, 0.2) is 42.5 Å². The first-order valence-electron chi connectivity index (χ1n) is 6.13. The number of alkyl halides is 3. The predicted molar refractivity (Wildman–Crippen MR) is 71.7 cm³/mol. The molecule has 0 unspecified atom stereocenters. The lowest BCUT2D eigenvalue weighted by molar-refractivity contribution is -0.137. The predicted octanol–water partition coefficient (Wildman–Crippen LogP) is 4.47. The second-order valence-corrected chi connectivity index (χ2v) is 4.39. The van der Waals surface area contributed by atoms with E-state index in [1.165, 1.54) is 37.4 Å². The molecule has 2 aromatic rings. The lowest BCUT2D eigenvalue weighted by Crippen LogP contribution is -2.11. The van der Waals surface area contributed by atoms with E-state index < -0.39 is 17.6 Å². The molecule has 0 fully saturated rings. The number of halogens is 4. The van der Waals surface area contributed by atoms with Crippen LogP contribution in [0.3, 0.4) is 0 Å². The zero-order valence-electron chi connectivity index (χ0n) is 11.2. The van der Waals surface area contributed by atoms with Crippen molar-refractivity contribution < 1.29 is 22.3 Å². The second kappa shape index (κ2) is 6.03. The van der Waals surface area contributed by atoms with E-state index >= 15 is 0 Å². The van der Waals surface area contributed by atoms with Crippen molar-refractivity contribution in [3.8, 4) is 5.75 Å². The first kappa shape index (κ1) is 15.2. The van der Waals surface area contributed by atoms with Crippen molar-refractivity contribution in [3.05, 3.63) is 59.4 Å². The molecule has 0 amide bonds. The van der Waals surface area contributed by atoms with Crippen LogP contribution in [-0.4, -0.2) is 7.11 Å². The summed E-state index contributed by atoms with van der Waals surface area (Å²) in [7, 11) is 1.30. The minimum atomic E-state index is -4.50. The van der Waals surface area contributed by atoms with Gasteiger partial charge in [-0.15, -0.1) is 0 Å². The molecular formula is C15H13F4NO. The lowest BCUT2D eigenvalue weighted by atomic mass is 10.1. The number of methoxy groups -OCH3 is 1. The van der Waals surface area contributed by atoms with Crippen LogP contribution in [0.1, 0.15) is 11.1 Å². The average molecular weight is 299 g/mol. The molecule has 0 aliphatic rings. The van der Waals surface area contributed by atoms with Gasteiger partial charge in [-0.05, 0) is 35.9 Å². The standard InChI is InChI=1S/C15H13F4NO/c1-21-12-5-6-14(13(8-12)15(17,18)19)20-9-10-3-2-4-11(16)7-10/h2-8,20H,9H2,1H3. The Labute approximate surface area is 119 Å². The van der Waals surface area contributed by atoms with E-state index in [-0.39, 0.29) is 18.0 Å². The molecular weight excluding hydrogens is 286 g/mol. The fourth-order valence-corrected chi connectivity index (χ4v) is 1.88. The Balaban J connectivity index is 2.23. The minimum absolute atomic E-state index is 0.0763. The third-order valence-electron chi connectivity index (χ3n) is 2.90. The van der Waals surface area contributed by atoms with Gasteiger partial charge in [0.2, 0.25) is 0 Å². The van der Waals surface area contributed by atoms with Crippen molar-refractivity contribution in [1.29, 1.82) is 0 Å². The zero-order chi connectivity index (χ0) is 15.5. The van der Waals surface area contributed by atoms with Crippen LogP contribution in [0.5, 0.6) is 5.75 Å². The van der Waals surface area contributed by atoms with E-state index in [9.17, 15) is 17.6 Å². The molecule has 2 rings (SSSR count). The molecule has 0 saturated heterocycles. The monoisotopic (exact) mass is 299 g/mol. The summed E-state index contributed by atoms with van der Waals surface area (Å²) >= 11 is 0. The maximum Gasteiger partial charge on any atom is 0.418 e. The first-order valence-corrected chi connectivity index (χ1v) is 6.13. The van der Waals surface area contributed by atoms with Gasteiger partial charge in [-0.2, -0.15) is 13.2 Å². The van der Waals surface area contributed by atoms with Crippen molar-refractivity contribution in [2.75, 3.05) is 12.4 Å². The number of hydrogen-bond donors (Lipinski definition) is 1. The second-order valence-electron chi connectivity index (χ2n) is 4.39. The van der Waals surface area contributed by atoms with Gasteiger partial charge in [-0.1, -0.05) is 12.1 Å². The molecule has 21 heavy (non-hydrogen) atoms. The lowest BCUT2D eigenvalue weighted by Gasteiger charge is -2.15. The van der Waals surface area contributed by atoms with Gasteiger partial charge in [0.1, 0.15) is 11.6 Å². The topological polar surface area (TPSA) is 21.3 Å². The normalized spacial score (nSPS) is 11.3. The maximum absolute atomic E-state index is 13.0. The average Bonchev–Trinajstić information content (AvgIpc) is 2.44. The Kier molecular flexibility index (Phi) is 4.35. The van der Waals surface area contributed by atoms with Crippen LogP contribution in [0, 0.1) is 5.82 Å². The molecule has 0 aromatic heterocycles. The van der Waals surface area contributed by atoms with E-state index in [1.807, 2.05) is 0 Å². The van der Waals surface area contributed by atoms with Crippen LogP contribution < -0.4 is 10.1 Å². The van der Waals surface area contributed by atoms with Crippen LogP contribution in [0.2, 0.25) is 0 Å². The number of nitrogens with one attached hydrogen (secondary N) is 1. The van der Waals surface area contributed by atoms with Crippen LogP contribution in [0.4, 0.5) is 23.2 Å². The number of anilines is 1. The molecule has 112 valence electrons. The Morgan fingerprint density at radius 1 is 1.10 bits per heavy atom. The van der Waals surface area contributed by atoms with Crippen molar-refractivity contribution in [2.24, 2.45) is 0 Å². The summed E-state index contributed by atoms with van der Waals surface area (Å²) in [5.74, 6) is -0.307. The van der Waals surface area contributed by atoms with E-state index in [0.29, 0.717) is 5.56 Å². The van der Waals surface area contributed by atoms with E-state index in [0.717, 1.165) is 6.07 Å². The fourth-order valence-electron chi connectivity index (χ4n) is 1.88. The van der Waals surface area contributed by atoms with Crippen molar-refractivity contribution in [3.63, 3.8) is 0 Å². The summed E-state index contributed by atoms with van der Waals surface area (Å²) in [5.41, 5.74) is -0.343. The molecule has 2 nitrogen and oxygen atoms in total. The Morgan fingerprint density at radius 2 is 1.86 bits per heavy atom. The number of benzene rings is 2. The summed E-state index contributed by atoms with van der Waals surface area (Å²) in [4.78, 5) is 0. The van der Waals surface area contributed by atoms with Crippen LogP contribution >= 0.6 is 0 Å². The number of hydrogen-bond acceptors (Lipinski definition) is 2. The van der Waals surface area contributed by atoms with Crippen molar-refractivity contribution in [2.45, 2.75) is 12.7 Å². The van der Waals surface area contributed by atoms with Gasteiger partial charge in [0.05, 0.1) is 12.7 Å². The largest absolute Gasteiger partial charge is 0.497 e. The number of rotatable bonds is 4. The van der Waals surface area contributed by atoms with Crippen molar-refractivity contribution >= 4 is 5.69 Å².